The van der Waals surface area contributed by atoms with Gasteiger partial charge in [-0.25, -0.2) is 4.79 Å². The van der Waals surface area contributed by atoms with Crippen molar-refractivity contribution in [2.75, 3.05) is 26.2 Å². The number of fused-ring (bicyclic) bond motifs is 1. The van der Waals surface area contributed by atoms with Crippen LogP contribution in [0.5, 0.6) is 0 Å². The molecule has 6 rings (SSSR count). The van der Waals surface area contributed by atoms with E-state index in [1.165, 1.54) is 10.5 Å². The van der Waals surface area contributed by atoms with Crippen molar-refractivity contribution in [2.45, 2.75) is 45.1 Å². The number of likely N-dealkylation sites (tertiary alicyclic amines) is 1. The monoisotopic (exact) mass is 521 g/mol. The molecule has 3 aliphatic rings. The van der Waals surface area contributed by atoms with Crippen molar-refractivity contribution in [1.82, 2.24) is 15.1 Å². The van der Waals surface area contributed by atoms with Gasteiger partial charge >= 0.3 is 6.03 Å². The summed E-state index contributed by atoms with van der Waals surface area (Å²) in [7, 11) is 0. The second-order valence-corrected chi connectivity index (χ2v) is 11.5. The van der Waals surface area contributed by atoms with Gasteiger partial charge in [0, 0.05) is 17.5 Å². The van der Waals surface area contributed by atoms with E-state index >= 15 is 0 Å². The Morgan fingerprint density at radius 3 is 1.95 bits per heavy atom. The molecule has 2 saturated heterocycles. The molecule has 3 aromatic carbocycles. The van der Waals surface area contributed by atoms with Crippen molar-refractivity contribution in [3.63, 3.8) is 0 Å². The SMILES string of the molecule is Cc1ccc(C2(c3ccc(C)cc3)NC(=O)N(CCCN3CCC4(CC3)Cc3ccccc3C4=O)C2=O)cc1. The highest BCUT2D eigenvalue weighted by Crippen LogP contribution is 2.44. The van der Waals surface area contributed by atoms with Gasteiger partial charge in [0.2, 0.25) is 0 Å². The number of hydrogen-bond acceptors (Lipinski definition) is 4. The molecule has 1 aliphatic carbocycles. The van der Waals surface area contributed by atoms with E-state index in [9.17, 15) is 14.4 Å². The molecular weight excluding hydrogens is 486 g/mol. The summed E-state index contributed by atoms with van der Waals surface area (Å²) in [6.07, 6.45) is 3.25. The first-order valence-electron chi connectivity index (χ1n) is 14.0. The van der Waals surface area contributed by atoms with Crippen LogP contribution in [-0.2, 0) is 16.8 Å². The first kappa shape index (κ1) is 25.5. The summed E-state index contributed by atoms with van der Waals surface area (Å²) in [5, 5.41) is 3.06. The average Bonchev–Trinajstić information content (AvgIpc) is 3.36. The number of nitrogens with zero attached hydrogens (tertiary/aromatic N) is 2. The number of piperidine rings is 1. The number of imide groups is 1. The molecule has 0 radical (unpaired) electrons. The van der Waals surface area contributed by atoms with E-state index in [0.717, 1.165) is 66.7 Å². The summed E-state index contributed by atoms with van der Waals surface area (Å²) in [5.74, 6) is 0.0766. The lowest BCUT2D eigenvalue weighted by atomic mass is 9.75. The molecule has 200 valence electrons. The van der Waals surface area contributed by atoms with Gasteiger partial charge in [-0.1, -0.05) is 83.9 Å². The highest BCUT2D eigenvalue weighted by Gasteiger charge is 2.53. The quantitative estimate of drug-likeness (QED) is 0.463. The third kappa shape index (κ3) is 4.27. The first-order valence-corrected chi connectivity index (χ1v) is 14.0. The summed E-state index contributed by atoms with van der Waals surface area (Å²) >= 11 is 0. The minimum Gasteiger partial charge on any atom is -0.315 e. The molecule has 1 N–H and O–H groups in total. The number of Topliss-reactive ketones (excluding diaryl/α,β-unsaturated/α-hetero) is 1. The zero-order chi connectivity index (χ0) is 27.2. The van der Waals surface area contributed by atoms with E-state index in [1.54, 1.807) is 0 Å². The molecule has 3 aromatic rings. The number of rotatable bonds is 6. The van der Waals surface area contributed by atoms with Crippen molar-refractivity contribution in [3.8, 4) is 0 Å². The molecule has 3 amide bonds. The normalized spacial score (nSPS) is 19.9. The van der Waals surface area contributed by atoms with E-state index < -0.39 is 5.54 Å². The van der Waals surface area contributed by atoms with Crippen LogP contribution in [0.25, 0.3) is 0 Å². The predicted molar refractivity (Wildman–Crippen MR) is 151 cm³/mol. The Kier molecular flexibility index (Phi) is 6.38. The Bertz CT molecular complexity index is 1370. The topological polar surface area (TPSA) is 69.7 Å². The van der Waals surface area contributed by atoms with Gasteiger partial charge in [-0.15, -0.1) is 0 Å². The summed E-state index contributed by atoms with van der Waals surface area (Å²) in [5.41, 5.74) is 4.31. The Morgan fingerprint density at radius 2 is 1.36 bits per heavy atom. The largest absolute Gasteiger partial charge is 0.325 e. The van der Waals surface area contributed by atoms with Crippen molar-refractivity contribution >= 4 is 17.7 Å². The maximum absolute atomic E-state index is 14.0. The van der Waals surface area contributed by atoms with Crippen LogP contribution >= 0.6 is 0 Å². The Morgan fingerprint density at radius 1 is 0.769 bits per heavy atom. The average molecular weight is 522 g/mol. The molecule has 0 bridgehead atoms. The van der Waals surface area contributed by atoms with Gasteiger partial charge in [0.25, 0.3) is 5.91 Å². The Hall–Kier alpha value is -3.77. The van der Waals surface area contributed by atoms with Gasteiger partial charge < -0.3 is 10.2 Å². The van der Waals surface area contributed by atoms with Crippen molar-refractivity contribution in [3.05, 3.63) is 106 Å². The molecular formula is C33H35N3O3. The lowest BCUT2D eigenvalue weighted by Gasteiger charge is -2.38. The fraction of sp³-hybridized carbons (Fsp3) is 0.364. The lowest BCUT2D eigenvalue weighted by Crippen LogP contribution is -2.45. The third-order valence-corrected chi connectivity index (χ3v) is 9.02. The number of ketones is 1. The van der Waals surface area contributed by atoms with Gasteiger partial charge in [0.1, 0.15) is 0 Å². The minimum absolute atomic E-state index is 0.230. The highest BCUT2D eigenvalue weighted by atomic mass is 16.2. The smallest absolute Gasteiger partial charge is 0.315 e. The van der Waals surface area contributed by atoms with Crippen LogP contribution in [0.4, 0.5) is 4.79 Å². The van der Waals surface area contributed by atoms with E-state index in [-0.39, 0.29) is 17.4 Å². The van der Waals surface area contributed by atoms with Crippen LogP contribution in [0.3, 0.4) is 0 Å². The molecule has 39 heavy (non-hydrogen) atoms. The maximum atomic E-state index is 14.0. The molecule has 6 nitrogen and oxygen atoms in total. The lowest BCUT2D eigenvalue weighted by molar-refractivity contribution is -0.130. The zero-order valence-electron chi connectivity index (χ0n) is 22.7. The van der Waals surface area contributed by atoms with Gasteiger partial charge in [0.05, 0.1) is 0 Å². The molecule has 2 heterocycles. The van der Waals surface area contributed by atoms with Crippen LogP contribution in [0.15, 0.2) is 72.8 Å². The van der Waals surface area contributed by atoms with Crippen LogP contribution in [-0.4, -0.2) is 53.7 Å². The molecule has 0 saturated carbocycles. The molecule has 1 spiro atoms. The predicted octanol–water partition coefficient (Wildman–Crippen LogP) is 5.01. The number of nitrogens with one attached hydrogen (secondary N) is 1. The van der Waals surface area contributed by atoms with E-state index in [0.29, 0.717) is 18.7 Å². The van der Waals surface area contributed by atoms with Gasteiger partial charge in [0.15, 0.2) is 11.3 Å². The zero-order valence-corrected chi connectivity index (χ0v) is 22.7. The van der Waals surface area contributed by atoms with Crippen LogP contribution < -0.4 is 5.32 Å². The number of aryl methyl sites for hydroxylation is 2. The molecule has 0 aromatic heterocycles. The van der Waals surface area contributed by atoms with Crippen molar-refractivity contribution < 1.29 is 14.4 Å². The van der Waals surface area contributed by atoms with Crippen LogP contribution in [0.2, 0.25) is 0 Å². The Labute approximate surface area is 230 Å². The summed E-state index contributed by atoms with van der Waals surface area (Å²) < 4.78 is 0. The first-order chi connectivity index (χ1) is 18.8. The second kappa shape index (κ2) is 9.76. The number of urea groups is 1. The maximum Gasteiger partial charge on any atom is 0.325 e. The fourth-order valence-corrected chi connectivity index (χ4v) is 6.63. The molecule has 2 aliphatic heterocycles. The van der Waals surface area contributed by atoms with E-state index in [2.05, 4.69) is 16.3 Å². The second-order valence-electron chi connectivity index (χ2n) is 11.5. The number of carbonyl (C=O) groups excluding carboxylic acids is 3. The van der Waals surface area contributed by atoms with Crippen LogP contribution in [0, 0.1) is 19.3 Å². The third-order valence-electron chi connectivity index (χ3n) is 9.02. The fourth-order valence-electron chi connectivity index (χ4n) is 6.63. The van der Waals surface area contributed by atoms with Crippen molar-refractivity contribution in [1.29, 1.82) is 0 Å². The number of amides is 3. The highest BCUT2D eigenvalue weighted by molar-refractivity contribution is 6.09. The van der Waals surface area contributed by atoms with Gasteiger partial charge in [-0.3, -0.25) is 14.5 Å². The molecule has 0 atom stereocenters. The number of hydrogen-bond donors (Lipinski definition) is 1. The van der Waals surface area contributed by atoms with Gasteiger partial charge in [-0.2, -0.15) is 0 Å². The summed E-state index contributed by atoms with van der Waals surface area (Å²) in [6, 6.07) is 23.3. The van der Waals surface area contributed by atoms with E-state index in [1.807, 2.05) is 80.6 Å². The Balaban J connectivity index is 1.12. The minimum atomic E-state index is -1.23. The molecule has 0 unspecified atom stereocenters. The molecule has 6 heteroatoms. The summed E-state index contributed by atoms with van der Waals surface area (Å²) in [6.45, 7) is 6.88. The summed E-state index contributed by atoms with van der Waals surface area (Å²) in [4.78, 5) is 44.1. The van der Waals surface area contributed by atoms with Crippen molar-refractivity contribution in [2.24, 2.45) is 5.41 Å². The van der Waals surface area contributed by atoms with Crippen LogP contribution in [0.1, 0.15) is 57.4 Å². The number of benzene rings is 3. The number of carbonyl (C=O) groups is 3. The van der Waals surface area contributed by atoms with Gasteiger partial charge in [-0.05, 0) is 75.9 Å². The molecule has 2 fully saturated rings. The standard InChI is InChI=1S/C33H35N3O3/c1-23-8-12-26(13-9-23)33(27-14-10-24(2)11-15-27)30(38)36(31(39)34-33)19-5-18-35-20-16-32(17-21-35)22-25-6-3-4-7-28(25)29(32)37/h3-4,6-15H,5,16-22H2,1-2H3,(H,34,39). The van der Waals surface area contributed by atoms with E-state index in [4.69, 9.17) is 0 Å².